The van der Waals surface area contributed by atoms with Gasteiger partial charge in [0.1, 0.15) is 0 Å². The number of hydrogen-bond acceptors (Lipinski definition) is 2. The van der Waals surface area contributed by atoms with Crippen molar-refractivity contribution >= 4 is 15.0 Å². The Balaban J connectivity index is 1.91. The molecule has 1 saturated heterocycles. The van der Waals surface area contributed by atoms with Crippen molar-refractivity contribution in [3.05, 3.63) is 30.0 Å². The summed E-state index contributed by atoms with van der Waals surface area (Å²) in [5, 5.41) is 0. The van der Waals surface area contributed by atoms with Gasteiger partial charge in [-0.1, -0.05) is 0 Å². The van der Waals surface area contributed by atoms with E-state index in [4.69, 9.17) is 4.74 Å². The summed E-state index contributed by atoms with van der Waals surface area (Å²) < 4.78 is 5.82. The fourth-order valence-corrected chi connectivity index (χ4v) is 5.59. The maximum atomic E-state index is 5.82. The summed E-state index contributed by atoms with van der Waals surface area (Å²) in [5.74, 6) is 1.52. The van der Waals surface area contributed by atoms with Gasteiger partial charge in [-0.15, -0.1) is 0 Å². The molecule has 1 aliphatic carbocycles. The molecule has 1 saturated carbocycles. The molecule has 1 unspecified atom stereocenters. The van der Waals surface area contributed by atoms with Crippen molar-refractivity contribution in [3.8, 4) is 0 Å². The second-order valence-electron chi connectivity index (χ2n) is 5.25. The van der Waals surface area contributed by atoms with Crippen LogP contribution in [0.4, 0.5) is 0 Å². The summed E-state index contributed by atoms with van der Waals surface area (Å²) in [6, 6.07) is 0.513. The van der Waals surface area contributed by atoms with Gasteiger partial charge in [0.15, 0.2) is 0 Å². The van der Waals surface area contributed by atoms with E-state index >= 15 is 0 Å². The van der Waals surface area contributed by atoms with Gasteiger partial charge in [0.05, 0.1) is 0 Å². The summed E-state index contributed by atoms with van der Waals surface area (Å²) in [6.07, 6.45) is 9.73. The van der Waals surface area contributed by atoms with Crippen LogP contribution in [0.3, 0.4) is 0 Å². The van der Waals surface area contributed by atoms with E-state index in [2.05, 4.69) is 52.1 Å². The Kier molecular flexibility index (Phi) is 5.56. The van der Waals surface area contributed by atoms with Crippen molar-refractivity contribution in [3.63, 3.8) is 0 Å². The van der Waals surface area contributed by atoms with Gasteiger partial charge in [0.2, 0.25) is 0 Å². The second kappa shape index (κ2) is 6.74. The number of rotatable bonds is 5. The second-order valence-corrected chi connectivity index (χ2v) is 7.94. The first-order valence-electron chi connectivity index (χ1n) is 6.83. The Bertz CT molecular complexity index is 259. The summed E-state index contributed by atoms with van der Waals surface area (Å²) in [4.78, 5) is 4.65. The van der Waals surface area contributed by atoms with Crippen LogP contribution in [0.2, 0.25) is 4.82 Å². The van der Waals surface area contributed by atoms with Gasteiger partial charge in [-0.3, -0.25) is 0 Å². The zero-order valence-corrected chi connectivity index (χ0v) is 13.6. The monoisotopic (exact) mass is 314 g/mol. The Labute approximate surface area is 119 Å². The van der Waals surface area contributed by atoms with E-state index in [0.717, 1.165) is 17.8 Å². The molecule has 2 fully saturated rings. The molecule has 3 heteroatoms. The van der Waals surface area contributed by atoms with Crippen LogP contribution in [0.1, 0.15) is 26.7 Å². The zero-order chi connectivity index (χ0) is 13.1. The molecule has 0 amide bonds. The van der Waals surface area contributed by atoms with E-state index in [9.17, 15) is 0 Å². The Morgan fingerprint density at radius 3 is 2.89 bits per heavy atom. The molecule has 2 nitrogen and oxygen atoms in total. The van der Waals surface area contributed by atoms with E-state index < -0.39 is 0 Å². The molecule has 101 valence electrons. The van der Waals surface area contributed by atoms with Crippen molar-refractivity contribution in [2.24, 2.45) is 0 Å². The average molecular weight is 313 g/mol. The quantitative estimate of drug-likeness (QED) is 0.723. The number of nitrogens with zero attached hydrogens (tertiary/aromatic N) is 1. The van der Waals surface area contributed by atoms with Crippen molar-refractivity contribution < 1.29 is 4.74 Å². The van der Waals surface area contributed by atoms with Crippen LogP contribution >= 0.6 is 0 Å². The van der Waals surface area contributed by atoms with Crippen LogP contribution in [0.5, 0.6) is 0 Å². The summed E-state index contributed by atoms with van der Waals surface area (Å²) in [5.41, 5.74) is 0. The zero-order valence-electron chi connectivity index (χ0n) is 11.8. The normalized spacial score (nSPS) is 32.5. The maximum absolute atomic E-state index is 5.82. The van der Waals surface area contributed by atoms with Crippen molar-refractivity contribution in [2.75, 3.05) is 20.7 Å². The molecular weight excluding hydrogens is 289 g/mol. The van der Waals surface area contributed by atoms with Gasteiger partial charge < -0.3 is 0 Å². The molecule has 18 heavy (non-hydrogen) atoms. The van der Waals surface area contributed by atoms with E-state index in [-0.39, 0.29) is 0 Å². The van der Waals surface area contributed by atoms with Crippen LogP contribution in [0.15, 0.2) is 0 Å². The Morgan fingerprint density at radius 2 is 2.22 bits per heavy atom. The molecule has 0 N–H and O–H groups in total. The summed E-state index contributed by atoms with van der Waals surface area (Å²) in [6.45, 7) is 5.50. The van der Waals surface area contributed by atoms with Gasteiger partial charge in [-0.05, 0) is 0 Å². The van der Waals surface area contributed by atoms with Crippen LogP contribution in [-0.4, -0.2) is 52.7 Å². The molecule has 5 radical (unpaired) electrons. The molecule has 0 spiro atoms. The third-order valence-electron chi connectivity index (χ3n) is 3.86. The first kappa shape index (κ1) is 14.8. The molecule has 0 aromatic carbocycles. The van der Waals surface area contributed by atoms with Gasteiger partial charge in [-0.2, -0.15) is 0 Å². The van der Waals surface area contributed by atoms with E-state index in [1.807, 2.05) is 0 Å². The predicted molar refractivity (Wildman–Crippen MR) is 76.7 cm³/mol. The first-order valence-corrected chi connectivity index (χ1v) is 8.68. The van der Waals surface area contributed by atoms with E-state index in [0.29, 0.717) is 27.1 Å². The molecule has 0 bridgehead atoms. The standard InChI is InChI=1S/C15H24NOSe/c1-5-13-15(9-10-17-13)18-14-8-6-7-12(14)11(2)16(3)4/h6-8,11,13,15H,5,9-10H2,1-4H3/t11-,13?,15-/m1/s1. The fourth-order valence-electron chi connectivity index (χ4n) is 2.46. The molecule has 2 rings (SSSR count). The topological polar surface area (TPSA) is 12.5 Å². The molecule has 2 aliphatic rings. The third-order valence-corrected chi connectivity index (χ3v) is 6.94. The van der Waals surface area contributed by atoms with Crippen molar-refractivity contribution in [1.29, 1.82) is 0 Å². The molecule has 0 aromatic heterocycles. The average Bonchev–Trinajstić information content (AvgIpc) is 2.97. The Morgan fingerprint density at radius 1 is 1.44 bits per heavy atom. The van der Waals surface area contributed by atoms with Gasteiger partial charge in [-0.25, -0.2) is 0 Å². The van der Waals surface area contributed by atoms with Gasteiger partial charge in [0.25, 0.3) is 0 Å². The predicted octanol–water partition coefficient (Wildman–Crippen LogP) is 2.36. The minimum atomic E-state index is 0.502. The first-order chi connectivity index (χ1) is 8.63. The van der Waals surface area contributed by atoms with Crippen LogP contribution < -0.4 is 0 Å². The SMILES string of the molecule is CCC1OCC[C@H]1[Se][C]1[CH][CH][CH][C]1[C@@H](C)N(C)C. The molecule has 0 aromatic rings. The minimum absolute atomic E-state index is 0.502. The molecule has 1 heterocycles. The summed E-state index contributed by atoms with van der Waals surface area (Å²) >= 11 is 0.556. The fraction of sp³-hybridized carbons (Fsp3) is 0.667. The molecule has 1 aliphatic heterocycles. The van der Waals surface area contributed by atoms with Crippen LogP contribution in [0.25, 0.3) is 0 Å². The summed E-state index contributed by atoms with van der Waals surface area (Å²) in [7, 11) is 4.31. The van der Waals surface area contributed by atoms with Crippen LogP contribution in [-0.2, 0) is 4.74 Å². The number of ether oxygens (including phenoxy) is 1. The Hall–Kier alpha value is 0.439. The molecular formula is C15H24NOSe. The van der Waals surface area contributed by atoms with Gasteiger partial charge >= 0.3 is 119 Å². The van der Waals surface area contributed by atoms with Crippen molar-refractivity contribution in [1.82, 2.24) is 4.90 Å². The van der Waals surface area contributed by atoms with E-state index in [1.165, 1.54) is 12.3 Å². The van der Waals surface area contributed by atoms with Crippen LogP contribution in [0, 0.1) is 30.0 Å². The van der Waals surface area contributed by atoms with E-state index in [1.54, 1.807) is 4.82 Å². The van der Waals surface area contributed by atoms with Gasteiger partial charge in [0, 0.05) is 0 Å². The number of hydrogen-bond donors (Lipinski definition) is 0. The third kappa shape index (κ3) is 3.30. The molecule has 3 atom stereocenters. The van der Waals surface area contributed by atoms with Crippen molar-refractivity contribution in [2.45, 2.75) is 43.7 Å².